The standard InChI is InChI=1S/C15H21NO4/c1-12(18)16-14-5-3-13(4-6-14)11-20-10-8-15(2,19)7-9-17/h3-6,9,19H,7-8,10-11H2,1-2H3,(H,16,18)/t15-/m1/s1. The number of carbonyl (C=O) groups is 2. The number of ether oxygens (including phenoxy) is 1. The maximum atomic E-state index is 10.9. The molecule has 0 bridgehead atoms. The first kappa shape index (κ1) is 16.3. The number of hydrogen-bond acceptors (Lipinski definition) is 4. The van der Waals surface area contributed by atoms with E-state index in [0.29, 0.717) is 25.9 Å². The zero-order valence-electron chi connectivity index (χ0n) is 11.9. The number of hydrogen-bond donors (Lipinski definition) is 2. The molecule has 1 rings (SSSR count). The SMILES string of the molecule is CC(=O)Nc1ccc(COCC[C@](C)(O)CC=O)cc1. The number of rotatable bonds is 8. The molecule has 5 heteroatoms. The van der Waals surface area contributed by atoms with Crippen molar-refractivity contribution in [2.45, 2.75) is 38.9 Å². The van der Waals surface area contributed by atoms with Crippen LogP contribution < -0.4 is 5.32 Å². The van der Waals surface area contributed by atoms with Gasteiger partial charge in [0.1, 0.15) is 6.29 Å². The van der Waals surface area contributed by atoms with Crippen LogP contribution in [0.5, 0.6) is 0 Å². The van der Waals surface area contributed by atoms with E-state index in [4.69, 9.17) is 4.74 Å². The second kappa shape index (κ2) is 7.77. The van der Waals surface area contributed by atoms with E-state index in [1.807, 2.05) is 24.3 Å². The minimum Gasteiger partial charge on any atom is -0.390 e. The third kappa shape index (κ3) is 6.45. The third-order valence-electron chi connectivity index (χ3n) is 2.85. The predicted octanol–water partition coefficient (Wildman–Crippen LogP) is 1.89. The van der Waals surface area contributed by atoms with Gasteiger partial charge in [-0.25, -0.2) is 0 Å². The molecule has 0 aliphatic carbocycles. The highest BCUT2D eigenvalue weighted by molar-refractivity contribution is 5.88. The maximum absolute atomic E-state index is 10.9. The van der Waals surface area contributed by atoms with Gasteiger partial charge in [-0.05, 0) is 31.0 Å². The molecule has 0 radical (unpaired) electrons. The molecule has 0 spiro atoms. The van der Waals surface area contributed by atoms with Crippen LogP contribution >= 0.6 is 0 Å². The number of carbonyl (C=O) groups excluding carboxylic acids is 2. The van der Waals surface area contributed by atoms with Crippen molar-refractivity contribution in [1.29, 1.82) is 0 Å². The summed E-state index contributed by atoms with van der Waals surface area (Å²) in [4.78, 5) is 21.2. The van der Waals surface area contributed by atoms with Crippen LogP contribution in [0.25, 0.3) is 0 Å². The van der Waals surface area contributed by atoms with Gasteiger partial charge >= 0.3 is 0 Å². The van der Waals surface area contributed by atoms with E-state index >= 15 is 0 Å². The topological polar surface area (TPSA) is 75.6 Å². The zero-order chi connectivity index (χ0) is 15.0. The molecule has 5 nitrogen and oxygen atoms in total. The van der Waals surface area contributed by atoms with E-state index in [1.165, 1.54) is 6.92 Å². The van der Waals surface area contributed by atoms with Crippen LogP contribution in [0.15, 0.2) is 24.3 Å². The number of anilines is 1. The first-order chi connectivity index (χ1) is 9.43. The van der Waals surface area contributed by atoms with Crippen molar-refractivity contribution in [1.82, 2.24) is 0 Å². The highest BCUT2D eigenvalue weighted by atomic mass is 16.5. The molecular formula is C15H21NO4. The lowest BCUT2D eigenvalue weighted by atomic mass is 10.00. The van der Waals surface area contributed by atoms with Crippen molar-refractivity contribution in [2.75, 3.05) is 11.9 Å². The Morgan fingerprint density at radius 2 is 2.05 bits per heavy atom. The normalized spacial score (nSPS) is 13.6. The quantitative estimate of drug-likeness (QED) is 0.563. The van der Waals surface area contributed by atoms with Crippen LogP contribution in [-0.2, 0) is 20.9 Å². The Labute approximate surface area is 118 Å². The molecular weight excluding hydrogens is 258 g/mol. The Morgan fingerprint density at radius 1 is 1.40 bits per heavy atom. The minimum atomic E-state index is -1.00. The van der Waals surface area contributed by atoms with E-state index in [-0.39, 0.29) is 12.3 Å². The minimum absolute atomic E-state index is 0.105. The van der Waals surface area contributed by atoms with Gasteiger partial charge in [0.05, 0.1) is 12.2 Å². The van der Waals surface area contributed by atoms with Gasteiger partial charge in [-0.15, -0.1) is 0 Å². The molecule has 1 atom stereocenters. The zero-order valence-corrected chi connectivity index (χ0v) is 11.9. The summed E-state index contributed by atoms with van der Waals surface area (Å²) in [5.41, 5.74) is 0.723. The maximum Gasteiger partial charge on any atom is 0.221 e. The number of nitrogens with one attached hydrogen (secondary N) is 1. The predicted molar refractivity (Wildman–Crippen MR) is 76.3 cm³/mol. The summed E-state index contributed by atoms with van der Waals surface area (Å²) in [6.07, 6.45) is 1.23. The van der Waals surface area contributed by atoms with Crippen molar-refractivity contribution in [2.24, 2.45) is 0 Å². The average Bonchev–Trinajstić information content (AvgIpc) is 2.36. The Morgan fingerprint density at radius 3 is 2.60 bits per heavy atom. The Hall–Kier alpha value is -1.72. The van der Waals surface area contributed by atoms with Crippen molar-refractivity contribution in [3.63, 3.8) is 0 Å². The molecule has 0 saturated heterocycles. The van der Waals surface area contributed by atoms with Crippen molar-refractivity contribution in [3.8, 4) is 0 Å². The fourth-order valence-electron chi connectivity index (χ4n) is 1.65. The van der Waals surface area contributed by atoms with E-state index in [2.05, 4.69) is 5.32 Å². The van der Waals surface area contributed by atoms with Crippen LogP contribution in [0.3, 0.4) is 0 Å². The molecule has 0 saturated carbocycles. The van der Waals surface area contributed by atoms with Crippen molar-refractivity contribution in [3.05, 3.63) is 29.8 Å². The van der Waals surface area contributed by atoms with Crippen LogP contribution in [-0.4, -0.2) is 29.5 Å². The highest BCUT2D eigenvalue weighted by Gasteiger charge is 2.18. The molecule has 2 N–H and O–H groups in total. The first-order valence-corrected chi connectivity index (χ1v) is 6.53. The molecule has 110 valence electrons. The van der Waals surface area contributed by atoms with Gasteiger partial charge < -0.3 is 20.0 Å². The third-order valence-corrected chi connectivity index (χ3v) is 2.85. The van der Waals surface area contributed by atoms with Gasteiger partial charge in [0, 0.05) is 25.6 Å². The molecule has 0 unspecified atom stereocenters. The summed E-state index contributed by atoms with van der Waals surface area (Å²) in [6, 6.07) is 7.36. The average molecular weight is 279 g/mol. The van der Waals surface area contributed by atoms with Crippen LogP contribution in [0.4, 0.5) is 5.69 Å². The van der Waals surface area contributed by atoms with Gasteiger partial charge in [-0.2, -0.15) is 0 Å². The fourth-order valence-corrected chi connectivity index (χ4v) is 1.65. The summed E-state index contributed by atoms with van der Waals surface area (Å²) in [5, 5.41) is 12.5. The lowest BCUT2D eigenvalue weighted by molar-refractivity contribution is -0.114. The second-order valence-electron chi connectivity index (χ2n) is 5.05. The lowest BCUT2D eigenvalue weighted by Crippen LogP contribution is -2.26. The van der Waals surface area contributed by atoms with Gasteiger partial charge in [-0.1, -0.05) is 12.1 Å². The Kier molecular flexibility index (Phi) is 6.35. The van der Waals surface area contributed by atoms with Gasteiger partial charge in [0.25, 0.3) is 0 Å². The molecule has 1 aromatic rings. The number of benzene rings is 1. The van der Waals surface area contributed by atoms with Gasteiger partial charge in [-0.3, -0.25) is 4.79 Å². The largest absolute Gasteiger partial charge is 0.390 e. The van der Waals surface area contributed by atoms with E-state index in [9.17, 15) is 14.7 Å². The van der Waals surface area contributed by atoms with E-state index in [1.54, 1.807) is 6.92 Å². The number of amides is 1. The number of aliphatic hydroxyl groups is 1. The molecule has 0 aliphatic rings. The summed E-state index contributed by atoms with van der Waals surface area (Å²) in [6.45, 7) is 3.89. The second-order valence-corrected chi connectivity index (χ2v) is 5.05. The Balaban J connectivity index is 2.32. The highest BCUT2D eigenvalue weighted by Crippen LogP contribution is 2.14. The van der Waals surface area contributed by atoms with Crippen molar-refractivity contribution >= 4 is 17.9 Å². The lowest BCUT2D eigenvalue weighted by Gasteiger charge is -2.20. The molecule has 0 aromatic heterocycles. The molecule has 1 amide bonds. The van der Waals surface area contributed by atoms with Crippen LogP contribution in [0.2, 0.25) is 0 Å². The first-order valence-electron chi connectivity index (χ1n) is 6.53. The summed E-state index contributed by atoms with van der Waals surface area (Å²) in [5.74, 6) is -0.105. The van der Waals surface area contributed by atoms with Gasteiger partial charge in [0.15, 0.2) is 0 Å². The van der Waals surface area contributed by atoms with E-state index < -0.39 is 5.60 Å². The molecule has 20 heavy (non-hydrogen) atoms. The van der Waals surface area contributed by atoms with Crippen LogP contribution in [0.1, 0.15) is 32.3 Å². The Bertz CT molecular complexity index is 440. The fraction of sp³-hybridized carbons (Fsp3) is 0.467. The molecule has 0 aliphatic heterocycles. The smallest absolute Gasteiger partial charge is 0.221 e. The van der Waals surface area contributed by atoms with Gasteiger partial charge in [0.2, 0.25) is 5.91 Å². The summed E-state index contributed by atoms with van der Waals surface area (Å²) < 4.78 is 5.46. The molecule has 0 heterocycles. The van der Waals surface area contributed by atoms with Crippen LogP contribution in [0, 0.1) is 0 Å². The summed E-state index contributed by atoms with van der Waals surface area (Å²) >= 11 is 0. The van der Waals surface area contributed by atoms with E-state index in [0.717, 1.165) is 11.3 Å². The molecule has 0 fully saturated rings. The molecule has 1 aromatic carbocycles. The number of aldehydes is 1. The summed E-state index contributed by atoms with van der Waals surface area (Å²) in [7, 11) is 0. The van der Waals surface area contributed by atoms with Crippen molar-refractivity contribution < 1.29 is 19.4 Å². The monoisotopic (exact) mass is 279 g/mol.